The zero-order valence-electron chi connectivity index (χ0n) is 14.3. The van der Waals surface area contributed by atoms with E-state index in [9.17, 15) is 0 Å². The van der Waals surface area contributed by atoms with Gasteiger partial charge < -0.3 is 24.8 Å². The van der Waals surface area contributed by atoms with Crippen LogP contribution in [-0.2, 0) is 19.5 Å². The van der Waals surface area contributed by atoms with Crippen molar-refractivity contribution in [3.8, 4) is 0 Å². The Morgan fingerprint density at radius 2 is 1.60 bits per heavy atom. The van der Waals surface area contributed by atoms with Gasteiger partial charge in [-0.05, 0) is 51.0 Å². The molecule has 0 saturated carbocycles. The van der Waals surface area contributed by atoms with Gasteiger partial charge in [-0.2, -0.15) is 5.10 Å². The molecule has 0 radical (unpaired) electrons. The first-order chi connectivity index (χ1) is 10.7. The Bertz CT molecular complexity index is 512. The van der Waals surface area contributed by atoms with Crippen LogP contribution in [0.1, 0.15) is 38.3 Å². The molecule has 0 aromatic carbocycles. The fraction of sp³-hybridized carbons (Fsp3) is 0.353. The predicted octanol–water partition coefficient (Wildman–Crippen LogP) is -1.28. The van der Waals surface area contributed by atoms with Gasteiger partial charge in [0.1, 0.15) is 0 Å². The monoisotopic (exact) mass is 505 g/mol. The summed E-state index contributed by atoms with van der Waals surface area (Å²) in [6.45, 7) is 1.89. The molecule has 1 aromatic rings. The summed E-state index contributed by atoms with van der Waals surface area (Å²) >= 11 is 6.40. The van der Waals surface area contributed by atoms with Crippen molar-refractivity contribution in [2.24, 2.45) is 5.10 Å². The summed E-state index contributed by atoms with van der Waals surface area (Å²) in [6, 6.07) is 5.70. The second-order valence-corrected chi connectivity index (χ2v) is 6.10. The van der Waals surface area contributed by atoms with Crippen molar-refractivity contribution >= 4 is 34.0 Å². The van der Waals surface area contributed by atoms with Crippen LogP contribution in [0.4, 0.5) is 0 Å². The number of hydrogen-bond donors (Lipinski definition) is 1. The fourth-order valence-electron chi connectivity index (χ4n) is 1.67. The van der Waals surface area contributed by atoms with E-state index in [4.69, 9.17) is 12.2 Å². The van der Waals surface area contributed by atoms with Gasteiger partial charge in [-0.25, -0.2) is 0 Å². The molecule has 1 N–H and O–H groups in total. The summed E-state index contributed by atoms with van der Waals surface area (Å²) < 4.78 is 0.653. The summed E-state index contributed by atoms with van der Waals surface area (Å²) in [4.78, 5) is 4.16. The van der Waals surface area contributed by atoms with Gasteiger partial charge in [-0.3, -0.25) is 10.4 Å². The van der Waals surface area contributed by atoms with E-state index in [1.54, 1.807) is 6.20 Å². The Morgan fingerprint density at radius 3 is 2.00 bits per heavy atom. The van der Waals surface area contributed by atoms with E-state index in [-0.39, 0.29) is 44.3 Å². The van der Waals surface area contributed by atoms with Gasteiger partial charge in [-0.1, -0.05) is 54.4 Å². The van der Waals surface area contributed by atoms with Crippen LogP contribution in [0.25, 0.3) is 0 Å². The molecule has 0 atom stereocenters. The van der Waals surface area contributed by atoms with E-state index in [2.05, 4.69) is 39.8 Å². The Labute approximate surface area is 186 Å². The number of nitrogens with zero attached hydrogens (tertiary/aromatic N) is 2. The quantitative estimate of drug-likeness (QED) is 0.179. The Morgan fingerprint density at radius 1 is 1.08 bits per heavy atom. The van der Waals surface area contributed by atoms with Gasteiger partial charge in [0.2, 0.25) is 0 Å². The normalized spacial score (nSPS) is 15.2. The molecule has 0 spiro atoms. The third-order valence-corrected chi connectivity index (χ3v) is 3.92. The average Bonchev–Trinajstić information content (AvgIpc) is 2.53. The van der Waals surface area contributed by atoms with E-state index in [1.165, 1.54) is 37.4 Å². The maximum absolute atomic E-state index is 4.95. The first-order valence-electron chi connectivity index (χ1n) is 7.33. The maximum atomic E-state index is 4.95. The molecule has 1 aliphatic rings. The van der Waals surface area contributed by atoms with Crippen LogP contribution in [0.15, 0.2) is 53.8 Å². The molecule has 2 rings (SSSR count). The molecule has 1 aliphatic carbocycles. The molecule has 0 saturated heterocycles. The van der Waals surface area contributed by atoms with Crippen molar-refractivity contribution in [1.82, 2.24) is 10.4 Å². The van der Waals surface area contributed by atoms with Crippen molar-refractivity contribution in [2.45, 2.75) is 32.6 Å². The van der Waals surface area contributed by atoms with Crippen molar-refractivity contribution in [3.05, 3.63) is 54.4 Å². The Balaban J connectivity index is -0.000000384. The molecule has 1 heterocycles. The van der Waals surface area contributed by atoms with Crippen molar-refractivity contribution in [1.29, 1.82) is 0 Å². The SMILES string of the molecule is C1=C\CC/C=C\CC/1.CSC(=S)N/N=C(\C)c1ccccn1.[Cl-].[Cl-].[Ru+2]. The molecule has 140 valence electrons. The number of hydrazone groups is 1. The summed E-state index contributed by atoms with van der Waals surface area (Å²) in [6.07, 6.45) is 17.6. The van der Waals surface area contributed by atoms with Crippen molar-refractivity contribution in [3.63, 3.8) is 0 Å². The van der Waals surface area contributed by atoms with Crippen molar-refractivity contribution < 1.29 is 44.3 Å². The van der Waals surface area contributed by atoms with Crippen LogP contribution in [0.2, 0.25) is 0 Å². The zero-order chi connectivity index (χ0) is 16.0. The molecule has 0 bridgehead atoms. The Kier molecular flexibility index (Phi) is 23.7. The molecule has 1 aromatic heterocycles. The van der Waals surface area contributed by atoms with E-state index in [1.807, 2.05) is 31.4 Å². The molecule has 0 unspecified atom stereocenters. The number of nitrogens with one attached hydrogen (secondary N) is 1. The van der Waals surface area contributed by atoms with E-state index < -0.39 is 0 Å². The molecule has 0 amide bonds. The number of allylic oxidation sites excluding steroid dienone is 4. The van der Waals surface area contributed by atoms with Gasteiger partial charge in [0.25, 0.3) is 0 Å². The van der Waals surface area contributed by atoms with Crippen LogP contribution >= 0.6 is 24.0 Å². The second kappa shape index (κ2) is 20.1. The first-order valence-corrected chi connectivity index (χ1v) is 8.97. The van der Waals surface area contributed by atoms with E-state index >= 15 is 0 Å². The minimum absolute atomic E-state index is 0. The smallest absolute Gasteiger partial charge is 1.00 e. The second-order valence-electron chi connectivity index (χ2n) is 4.61. The molecule has 25 heavy (non-hydrogen) atoms. The third kappa shape index (κ3) is 15.7. The van der Waals surface area contributed by atoms with Gasteiger partial charge in [0.15, 0.2) is 4.32 Å². The Hall–Kier alpha value is -0.257. The van der Waals surface area contributed by atoms with Gasteiger partial charge >= 0.3 is 19.5 Å². The molecule has 0 fully saturated rings. The van der Waals surface area contributed by atoms with Crippen LogP contribution in [0, 0.1) is 0 Å². The van der Waals surface area contributed by atoms with Crippen molar-refractivity contribution in [2.75, 3.05) is 6.26 Å². The fourth-order valence-corrected chi connectivity index (χ4v) is 1.85. The number of halogens is 2. The van der Waals surface area contributed by atoms with Gasteiger partial charge in [0.05, 0.1) is 11.4 Å². The minimum Gasteiger partial charge on any atom is -1.00 e. The van der Waals surface area contributed by atoms with Crippen LogP contribution in [-0.4, -0.2) is 21.3 Å². The summed E-state index contributed by atoms with van der Waals surface area (Å²) in [5.41, 5.74) is 4.45. The molecule has 0 aliphatic heterocycles. The van der Waals surface area contributed by atoms with Crippen LogP contribution < -0.4 is 30.2 Å². The largest absolute Gasteiger partial charge is 2.00 e. The van der Waals surface area contributed by atoms with Crippen LogP contribution in [0.3, 0.4) is 0 Å². The maximum Gasteiger partial charge on any atom is 2.00 e. The standard InChI is InChI=1S/C9H11N3S2.C8H12.2ClH.Ru/c1-7(11-12-9(13)14-2)8-5-3-4-6-10-8;1-2-4-6-8-7-5-3-1;;;/h3-6H,1-2H3,(H,12,13);1-2,7-8H,3-6H2;2*1H;/q;;;;+2/p-2/b11-7+;2-1-,8-7-;;;. The minimum atomic E-state index is 0. The van der Waals surface area contributed by atoms with Crippen LogP contribution in [0.5, 0.6) is 0 Å². The number of pyridine rings is 1. The summed E-state index contributed by atoms with van der Waals surface area (Å²) in [7, 11) is 0. The number of rotatable bonds is 2. The number of hydrogen-bond acceptors (Lipinski definition) is 4. The molecule has 8 heteroatoms. The third-order valence-electron chi connectivity index (χ3n) is 2.87. The predicted molar refractivity (Wildman–Crippen MR) is 102 cm³/mol. The molecular formula is C17H23Cl2N3RuS2. The summed E-state index contributed by atoms with van der Waals surface area (Å²) in [5.74, 6) is 0. The molecule has 3 nitrogen and oxygen atoms in total. The average molecular weight is 506 g/mol. The summed E-state index contributed by atoms with van der Waals surface area (Å²) in [5, 5.41) is 4.11. The zero-order valence-corrected chi connectivity index (χ0v) is 19.2. The van der Waals surface area contributed by atoms with Gasteiger partial charge in [-0.15, -0.1) is 0 Å². The topological polar surface area (TPSA) is 37.3 Å². The number of aromatic nitrogens is 1. The number of thiocarbonyl (C=S) groups is 1. The number of thioether (sulfide) groups is 1. The molecular weight excluding hydrogens is 482 g/mol. The first kappa shape index (κ1) is 29.5. The van der Waals surface area contributed by atoms with E-state index in [0.29, 0.717) is 4.32 Å². The van der Waals surface area contributed by atoms with Gasteiger partial charge in [0, 0.05) is 6.20 Å². The van der Waals surface area contributed by atoms with E-state index in [0.717, 1.165) is 11.4 Å².